The van der Waals surface area contributed by atoms with Gasteiger partial charge in [0.1, 0.15) is 5.75 Å². The molecule has 1 saturated heterocycles. The third kappa shape index (κ3) is 13.4. The largest absolute Gasteiger partial charge is 0.493 e. The molecule has 0 aromatic heterocycles. The summed E-state index contributed by atoms with van der Waals surface area (Å²) in [6.45, 7) is 16.0. The first kappa shape index (κ1) is 37.9. The summed E-state index contributed by atoms with van der Waals surface area (Å²) < 4.78 is 16.4. The fourth-order valence-electron chi connectivity index (χ4n) is 5.81. The van der Waals surface area contributed by atoms with Gasteiger partial charge < -0.3 is 35.7 Å². The SMILES string of the molecule is COCCCCCOc1ccccc1C(=O)NC(C)[C@@H](C[C@H](N)[C@@H](O)C[C@H](C(=O)NCCN1CCOCC1)C(C)C)C(C)C. The number of amides is 2. The molecule has 0 spiro atoms. The minimum absolute atomic E-state index is 0.0253. The van der Waals surface area contributed by atoms with Gasteiger partial charge in [-0.05, 0) is 68.9 Å². The van der Waals surface area contributed by atoms with Gasteiger partial charge in [0.05, 0.1) is 31.5 Å². The number of hydrogen-bond acceptors (Lipinski definition) is 8. The highest BCUT2D eigenvalue weighted by atomic mass is 16.5. The highest BCUT2D eigenvalue weighted by Crippen LogP contribution is 2.26. The van der Waals surface area contributed by atoms with Gasteiger partial charge in [0, 0.05) is 57.9 Å². The number of nitrogens with one attached hydrogen (secondary N) is 2. The van der Waals surface area contributed by atoms with Crippen molar-refractivity contribution in [2.75, 3.05) is 59.7 Å². The number of carbonyl (C=O) groups excluding carboxylic acids is 2. The normalized spacial score (nSPS) is 17.6. The number of nitrogens with zero attached hydrogens (tertiary/aromatic N) is 1. The standard InChI is InChI=1S/C34H60N4O6/c1-24(2)28(26(5)37-34(41)27-12-8-9-13-32(27)44-19-11-7-10-18-42-6)22-30(35)31(39)23-29(25(3)4)33(40)36-14-15-38-16-20-43-21-17-38/h8-9,12-13,24-26,28-31,39H,7,10-11,14-23,35H2,1-6H3,(H,36,40)(H,37,41)/t26?,28-,29-,30-,31-/m0/s1. The summed E-state index contributed by atoms with van der Waals surface area (Å²) in [5, 5.41) is 17.4. The summed E-state index contributed by atoms with van der Waals surface area (Å²) in [5.74, 6) is 0.292. The molecule has 252 valence electrons. The Labute approximate surface area is 265 Å². The molecule has 1 aromatic carbocycles. The number of rotatable bonds is 21. The molecule has 0 radical (unpaired) electrons. The molecule has 0 bridgehead atoms. The van der Waals surface area contributed by atoms with Crippen molar-refractivity contribution < 1.29 is 28.9 Å². The van der Waals surface area contributed by atoms with E-state index in [1.165, 1.54) is 0 Å². The Hall–Kier alpha value is -2.24. The van der Waals surface area contributed by atoms with E-state index in [4.69, 9.17) is 19.9 Å². The maximum absolute atomic E-state index is 13.3. The zero-order valence-corrected chi connectivity index (χ0v) is 28.1. The lowest BCUT2D eigenvalue weighted by Gasteiger charge is -2.33. The van der Waals surface area contributed by atoms with Crippen molar-refractivity contribution in [1.29, 1.82) is 0 Å². The fraction of sp³-hybridized carbons (Fsp3) is 0.765. The second-order valence-corrected chi connectivity index (χ2v) is 12.9. The van der Waals surface area contributed by atoms with Crippen LogP contribution in [0.3, 0.4) is 0 Å². The molecule has 2 rings (SSSR count). The van der Waals surface area contributed by atoms with Crippen molar-refractivity contribution >= 4 is 11.8 Å². The van der Waals surface area contributed by atoms with Gasteiger partial charge in [0.25, 0.3) is 5.91 Å². The van der Waals surface area contributed by atoms with E-state index in [1.54, 1.807) is 13.2 Å². The Morgan fingerprint density at radius 1 is 1.00 bits per heavy atom. The first-order chi connectivity index (χ1) is 21.0. The van der Waals surface area contributed by atoms with Crippen LogP contribution in [0.15, 0.2) is 24.3 Å². The van der Waals surface area contributed by atoms with E-state index in [1.807, 2.05) is 39.0 Å². The Bertz CT molecular complexity index is 955. The summed E-state index contributed by atoms with van der Waals surface area (Å²) in [4.78, 5) is 28.7. The number of methoxy groups -OCH3 is 1. The summed E-state index contributed by atoms with van der Waals surface area (Å²) in [7, 11) is 1.70. The maximum Gasteiger partial charge on any atom is 0.255 e. The van der Waals surface area contributed by atoms with Crippen LogP contribution in [0.25, 0.3) is 0 Å². The molecule has 1 fully saturated rings. The van der Waals surface area contributed by atoms with Crippen molar-refractivity contribution in [3.63, 3.8) is 0 Å². The van der Waals surface area contributed by atoms with E-state index in [0.29, 0.717) is 37.3 Å². The van der Waals surface area contributed by atoms with Crippen molar-refractivity contribution in [2.45, 2.75) is 84.9 Å². The van der Waals surface area contributed by atoms with Gasteiger partial charge in [0.15, 0.2) is 0 Å². The lowest BCUT2D eigenvalue weighted by molar-refractivity contribution is -0.127. The van der Waals surface area contributed by atoms with Gasteiger partial charge in [-0.1, -0.05) is 39.8 Å². The number of unbranched alkanes of at least 4 members (excludes halogenated alkanes) is 2. The average Bonchev–Trinajstić information content (AvgIpc) is 3.00. The highest BCUT2D eigenvalue weighted by molar-refractivity contribution is 5.97. The predicted octanol–water partition coefficient (Wildman–Crippen LogP) is 3.46. The molecular formula is C34H60N4O6. The van der Waals surface area contributed by atoms with Crippen LogP contribution < -0.4 is 21.1 Å². The lowest BCUT2D eigenvalue weighted by atomic mass is 9.80. The molecule has 2 amide bonds. The van der Waals surface area contributed by atoms with Crippen LogP contribution in [-0.4, -0.2) is 99.7 Å². The molecule has 1 aliphatic heterocycles. The first-order valence-corrected chi connectivity index (χ1v) is 16.6. The molecule has 44 heavy (non-hydrogen) atoms. The van der Waals surface area contributed by atoms with E-state index < -0.39 is 12.1 Å². The maximum atomic E-state index is 13.3. The Morgan fingerprint density at radius 3 is 2.34 bits per heavy atom. The number of benzene rings is 1. The summed E-state index contributed by atoms with van der Waals surface area (Å²) in [6.07, 6.45) is 2.84. The zero-order chi connectivity index (χ0) is 32.5. The molecule has 0 saturated carbocycles. The average molecular weight is 621 g/mol. The van der Waals surface area contributed by atoms with Gasteiger partial charge in [-0.15, -0.1) is 0 Å². The topological polar surface area (TPSA) is 135 Å². The third-order valence-corrected chi connectivity index (χ3v) is 8.75. The van der Waals surface area contributed by atoms with Crippen LogP contribution in [0, 0.1) is 23.7 Å². The summed E-state index contributed by atoms with van der Waals surface area (Å²) in [5.41, 5.74) is 7.07. The van der Waals surface area contributed by atoms with Crippen molar-refractivity contribution in [1.82, 2.24) is 15.5 Å². The number of aliphatic hydroxyl groups is 1. The second kappa shape index (κ2) is 20.7. The highest BCUT2D eigenvalue weighted by Gasteiger charge is 2.32. The van der Waals surface area contributed by atoms with Crippen molar-refractivity contribution in [3.05, 3.63) is 29.8 Å². The minimum Gasteiger partial charge on any atom is -0.493 e. The van der Waals surface area contributed by atoms with Gasteiger partial charge in [-0.3, -0.25) is 14.5 Å². The summed E-state index contributed by atoms with van der Waals surface area (Å²) >= 11 is 0. The van der Waals surface area contributed by atoms with Crippen LogP contribution in [0.2, 0.25) is 0 Å². The molecule has 10 heteroatoms. The number of hydrogen-bond donors (Lipinski definition) is 4. The minimum atomic E-state index is -0.838. The number of nitrogens with two attached hydrogens (primary N) is 1. The number of ether oxygens (including phenoxy) is 3. The first-order valence-electron chi connectivity index (χ1n) is 16.6. The smallest absolute Gasteiger partial charge is 0.255 e. The van der Waals surface area contributed by atoms with Crippen LogP contribution in [0.1, 0.15) is 77.1 Å². The fourth-order valence-corrected chi connectivity index (χ4v) is 5.81. The van der Waals surface area contributed by atoms with E-state index in [0.717, 1.165) is 58.7 Å². The Kier molecular flexibility index (Phi) is 17.9. The van der Waals surface area contributed by atoms with Crippen molar-refractivity contribution in [3.8, 4) is 5.75 Å². The van der Waals surface area contributed by atoms with Crippen LogP contribution in [0.4, 0.5) is 0 Å². The quantitative estimate of drug-likeness (QED) is 0.154. The van der Waals surface area contributed by atoms with E-state index >= 15 is 0 Å². The van der Waals surface area contributed by atoms with E-state index in [-0.39, 0.29) is 41.5 Å². The number of para-hydroxylation sites is 1. The van der Waals surface area contributed by atoms with Crippen LogP contribution in [-0.2, 0) is 14.3 Å². The van der Waals surface area contributed by atoms with Crippen LogP contribution in [0.5, 0.6) is 5.75 Å². The Morgan fingerprint density at radius 2 is 1.68 bits per heavy atom. The number of morpholine rings is 1. The van der Waals surface area contributed by atoms with Crippen molar-refractivity contribution in [2.24, 2.45) is 29.4 Å². The molecule has 1 aromatic rings. The van der Waals surface area contributed by atoms with E-state index in [9.17, 15) is 14.7 Å². The third-order valence-electron chi connectivity index (χ3n) is 8.75. The number of aliphatic hydroxyl groups excluding tert-OH is 1. The molecule has 0 aliphatic carbocycles. The van der Waals surface area contributed by atoms with Crippen LogP contribution >= 0.6 is 0 Å². The second-order valence-electron chi connectivity index (χ2n) is 12.9. The molecule has 1 aliphatic rings. The molecule has 1 unspecified atom stereocenters. The van der Waals surface area contributed by atoms with E-state index in [2.05, 4.69) is 29.4 Å². The summed E-state index contributed by atoms with van der Waals surface area (Å²) in [6, 6.07) is 6.59. The molecule has 10 nitrogen and oxygen atoms in total. The zero-order valence-electron chi connectivity index (χ0n) is 28.1. The molecule has 1 heterocycles. The lowest BCUT2D eigenvalue weighted by Crippen LogP contribution is -2.47. The Balaban J connectivity index is 1.91. The predicted molar refractivity (Wildman–Crippen MR) is 175 cm³/mol. The number of carbonyl (C=O) groups is 2. The van der Waals surface area contributed by atoms with Gasteiger partial charge >= 0.3 is 0 Å². The monoisotopic (exact) mass is 620 g/mol. The molecular weight excluding hydrogens is 560 g/mol. The molecule has 5 N–H and O–H groups in total. The van der Waals surface area contributed by atoms with Gasteiger partial charge in [-0.25, -0.2) is 0 Å². The van der Waals surface area contributed by atoms with Gasteiger partial charge in [-0.2, -0.15) is 0 Å². The van der Waals surface area contributed by atoms with Gasteiger partial charge in [0.2, 0.25) is 5.91 Å². The molecule has 5 atom stereocenters.